The summed E-state index contributed by atoms with van der Waals surface area (Å²) in [5, 5.41) is 6.85. The van der Waals surface area contributed by atoms with Crippen molar-refractivity contribution in [3.63, 3.8) is 0 Å². The first-order valence-corrected chi connectivity index (χ1v) is 7.33. The van der Waals surface area contributed by atoms with Crippen LogP contribution in [0.2, 0.25) is 0 Å². The molecular weight excluding hydrogens is 308 g/mol. The summed E-state index contributed by atoms with van der Waals surface area (Å²) in [7, 11) is 1.57. The molecule has 0 bridgehead atoms. The number of aromatic nitrogens is 3. The van der Waals surface area contributed by atoms with Crippen LogP contribution in [0.5, 0.6) is 5.75 Å². The quantitative estimate of drug-likeness (QED) is 0.774. The Kier molecular flexibility index (Phi) is 4.51. The second-order valence-electron chi connectivity index (χ2n) is 5.06. The van der Waals surface area contributed by atoms with E-state index in [2.05, 4.69) is 20.4 Å². The molecule has 24 heavy (non-hydrogen) atoms. The van der Waals surface area contributed by atoms with Crippen LogP contribution in [-0.2, 0) is 0 Å². The standard InChI is InChI=1S/C17H16N4O3/c1-11-19-16(21-24-11)15(13-7-3-4-8-14(13)23-2)20-17(22)12-6-5-9-18-10-12/h3-10,15H,1-2H3,(H,20,22)/t15-/m1/s1. The minimum atomic E-state index is -0.605. The Morgan fingerprint density at radius 3 is 2.75 bits per heavy atom. The van der Waals surface area contributed by atoms with Crippen LogP contribution in [0.3, 0.4) is 0 Å². The van der Waals surface area contributed by atoms with Crippen molar-refractivity contribution in [2.75, 3.05) is 7.11 Å². The van der Waals surface area contributed by atoms with E-state index in [0.717, 1.165) is 5.56 Å². The second-order valence-corrected chi connectivity index (χ2v) is 5.06. The minimum absolute atomic E-state index is 0.290. The Labute approximate surface area is 138 Å². The zero-order valence-electron chi connectivity index (χ0n) is 13.3. The Balaban J connectivity index is 1.98. The monoisotopic (exact) mass is 324 g/mol. The van der Waals surface area contributed by atoms with Gasteiger partial charge in [0.05, 0.1) is 12.7 Å². The van der Waals surface area contributed by atoms with Gasteiger partial charge in [0.25, 0.3) is 5.91 Å². The number of ether oxygens (including phenoxy) is 1. The number of carbonyl (C=O) groups is 1. The largest absolute Gasteiger partial charge is 0.496 e. The summed E-state index contributed by atoms with van der Waals surface area (Å²) in [6.45, 7) is 1.69. The van der Waals surface area contributed by atoms with Crippen LogP contribution in [0.1, 0.15) is 33.7 Å². The Hall–Kier alpha value is -3.22. The van der Waals surface area contributed by atoms with Gasteiger partial charge in [0.1, 0.15) is 11.8 Å². The molecule has 3 aromatic rings. The van der Waals surface area contributed by atoms with Gasteiger partial charge < -0.3 is 14.6 Å². The summed E-state index contributed by atoms with van der Waals surface area (Å²) >= 11 is 0. The van der Waals surface area contributed by atoms with Crippen LogP contribution in [0.4, 0.5) is 0 Å². The molecule has 0 aliphatic carbocycles. The zero-order chi connectivity index (χ0) is 16.9. The molecule has 0 aliphatic rings. The van der Waals surface area contributed by atoms with Crippen molar-refractivity contribution in [3.05, 3.63) is 71.6 Å². The highest BCUT2D eigenvalue weighted by molar-refractivity contribution is 5.94. The lowest BCUT2D eigenvalue weighted by molar-refractivity contribution is 0.0940. The molecule has 7 heteroatoms. The van der Waals surface area contributed by atoms with Crippen LogP contribution in [0.15, 0.2) is 53.3 Å². The van der Waals surface area contributed by atoms with Crippen LogP contribution < -0.4 is 10.1 Å². The molecule has 1 aromatic carbocycles. The maximum Gasteiger partial charge on any atom is 0.253 e. The van der Waals surface area contributed by atoms with Gasteiger partial charge in [0, 0.05) is 24.9 Å². The minimum Gasteiger partial charge on any atom is -0.496 e. The molecule has 0 saturated heterocycles. The van der Waals surface area contributed by atoms with Gasteiger partial charge in [-0.2, -0.15) is 4.98 Å². The van der Waals surface area contributed by atoms with E-state index in [-0.39, 0.29) is 5.91 Å². The molecule has 2 aromatic heterocycles. The number of para-hydroxylation sites is 1. The van der Waals surface area contributed by atoms with Gasteiger partial charge in [-0.25, -0.2) is 0 Å². The average molecular weight is 324 g/mol. The fraction of sp³-hybridized carbons (Fsp3) is 0.176. The number of amides is 1. The maximum atomic E-state index is 12.5. The lowest BCUT2D eigenvalue weighted by Gasteiger charge is -2.18. The van der Waals surface area contributed by atoms with Crippen LogP contribution in [0.25, 0.3) is 0 Å². The lowest BCUT2D eigenvalue weighted by atomic mass is 10.0. The summed E-state index contributed by atoms with van der Waals surface area (Å²) in [6.07, 6.45) is 3.10. The number of pyridine rings is 1. The van der Waals surface area contributed by atoms with E-state index >= 15 is 0 Å². The van der Waals surface area contributed by atoms with Crippen molar-refractivity contribution in [1.82, 2.24) is 20.4 Å². The summed E-state index contributed by atoms with van der Waals surface area (Å²) in [4.78, 5) is 20.7. The highest BCUT2D eigenvalue weighted by atomic mass is 16.5. The molecule has 0 aliphatic heterocycles. The van der Waals surface area contributed by atoms with E-state index in [9.17, 15) is 4.79 Å². The maximum absolute atomic E-state index is 12.5. The first-order chi connectivity index (χ1) is 11.7. The van der Waals surface area contributed by atoms with Crippen LogP contribution in [-0.4, -0.2) is 28.1 Å². The number of nitrogens with one attached hydrogen (secondary N) is 1. The molecule has 122 valence electrons. The van der Waals surface area contributed by atoms with Gasteiger partial charge in [-0.1, -0.05) is 23.4 Å². The molecule has 0 saturated carbocycles. The van der Waals surface area contributed by atoms with E-state index in [0.29, 0.717) is 23.0 Å². The van der Waals surface area contributed by atoms with Crippen molar-refractivity contribution in [2.45, 2.75) is 13.0 Å². The van der Waals surface area contributed by atoms with Gasteiger partial charge in [0.2, 0.25) is 5.89 Å². The zero-order valence-corrected chi connectivity index (χ0v) is 13.3. The molecule has 0 fully saturated rings. The molecule has 1 amide bonds. The Bertz CT molecular complexity index is 833. The van der Waals surface area contributed by atoms with E-state index in [1.807, 2.05) is 24.3 Å². The van der Waals surface area contributed by atoms with Crippen molar-refractivity contribution in [2.24, 2.45) is 0 Å². The molecular formula is C17H16N4O3. The number of hydrogen-bond acceptors (Lipinski definition) is 6. The summed E-state index contributed by atoms with van der Waals surface area (Å²) < 4.78 is 10.5. The van der Waals surface area contributed by atoms with Crippen molar-refractivity contribution in [1.29, 1.82) is 0 Å². The van der Waals surface area contributed by atoms with Crippen LogP contribution >= 0.6 is 0 Å². The van der Waals surface area contributed by atoms with Gasteiger partial charge in [0.15, 0.2) is 5.82 Å². The lowest BCUT2D eigenvalue weighted by Crippen LogP contribution is -2.30. The van der Waals surface area contributed by atoms with Gasteiger partial charge in [-0.05, 0) is 18.2 Å². The molecule has 3 rings (SSSR count). The average Bonchev–Trinajstić information content (AvgIpc) is 3.06. The Morgan fingerprint density at radius 1 is 1.25 bits per heavy atom. The molecule has 0 radical (unpaired) electrons. The topological polar surface area (TPSA) is 90.1 Å². The predicted molar refractivity (Wildman–Crippen MR) is 85.6 cm³/mol. The summed E-state index contributed by atoms with van der Waals surface area (Å²) in [5.74, 6) is 1.10. The third kappa shape index (κ3) is 3.24. The van der Waals surface area contributed by atoms with Gasteiger partial charge in [-0.3, -0.25) is 9.78 Å². The molecule has 0 unspecified atom stereocenters. The molecule has 0 spiro atoms. The number of nitrogens with zero attached hydrogens (tertiary/aromatic N) is 3. The van der Waals surface area contributed by atoms with E-state index in [1.165, 1.54) is 6.20 Å². The Morgan fingerprint density at radius 2 is 2.08 bits per heavy atom. The van der Waals surface area contributed by atoms with Crippen molar-refractivity contribution >= 4 is 5.91 Å². The highest BCUT2D eigenvalue weighted by Crippen LogP contribution is 2.28. The van der Waals surface area contributed by atoms with Crippen molar-refractivity contribution < 1.29 is 14.1 Å². The van der Waals surface area contributed by atoms with Gasteiger partial charge >= 0.3 is 0 Å². The molecule has 1 N–H and O–H groups in total. The number of hydrogen-bond donors (Lipinski definition) is 1. The molecule has 7 nitrogen and oxygen atoms in total. The third-order valence-electron chi connectivity index (χ3n) is 3.45. The number of aryl methyl sites for hydroxylation is 1. The van der Waals surface area contributed by atoms with Crippen molar-refractivity contribution in [3.8, 4) is 5.75 Å². The fourth-order valence-electron chi connectivity index (χ4n) is 2.33. The third-order valence-corrected chi connectivity index (χ3v) is 3.45. The molecule has 2 heterocycles. The first-order valence-electron chi connectivity index (χ1n) is 7.33. The normalized spacial score (nSPS) is 11.8. The number of carbonyl (C=O) groups excluding carboxylic acids is 1. The van der Waals surface area contributed by atoms with E-state index < -0.39 is 6.04 Å². The highest BCUT2D eigenvalue weighted by Gasteiger charge is 2.25. The summed E-state index contributed by atoms with van der Waals surface area (Å²) in [5.41, 5.74) is 1.18. The van der Waals surface area contributed by atoms with Gasteiger partial charge in [-0.15, -0.1) is 0 Å². The first kappa shape index (κ1) is 15.7. The number of rotatable bonds is 5. The summed E-state index contributed by atoms with van der Waals surface area (Å²) in [6, 6.07) is 10.1. The SMILES string of the molecule is COc1ccccc1[C@@H](NC(=O)c1cccnc1)c1noc(C)n1. The predicted octanol–water partition coefficient (Wildman–Crippen LogP) is 2.30. The van der Waals surface area contributed by atoms with E-state index in [4.69, 9.17) is 9.26 Å². The van der Waals surface area contributed by atoms with Crippen LogP contribution in [0, 0.1) is 6.92 Å². The molecule has 1 atom stereocenters. The fourth-order valence-corrected chi connectivity index (χ4v) is 2.33. The smallest absolute Gasteiger partial charge is 0.253 e. The number of benzene rings is 1. The second kappa shape index (κ2) is 6.91. The number of methoxy groups -OCH3 is 1. The van der Waals surface area contributed by atoms with E-state index in [1.54, 1.807) is 32.4 Å².